The van der Waals surface area contributed by atoms with Gasteiger partial charge in [-0.15, -0.1) is 0 Å². The molecule has 0 aliphatic carbocycles. The highest BCUT2D eigenvalue weighted by atomic mass is 35.5. The first-order valence-corrected chi connectivity index (χ1v) is 7.32. The Kier molecular flexibility index (Phi) is 4.18. The van der Waals surface area contributed by atoms with Gasteiger partial charge in [-0.2, -0.15) is 5.10 Å². The molecule has 8 heteroatoms. The van der Waals surface area contributed by atoms with Gasteiger partial charge in [0.25, 0.3) is 0 Å². The minimum Gasteiger partial charge on any atom is -0.366 e. The maximum absolute atomic E-state index is 11.1. The van der Waals surface area contributed by atoms with Crippen LogP contribution in [0, 0.1) is 0 Å². The van der Waals surface area contributed by atoms with Gasteiger partial charge >= 0.3 is 0 Å². The molecule has 23 heavy (non-hydrogen) atoms. The summed E-state index contributed by atoms with van der Waals surface area (Å²) in [6, 6.07) is 8.81. The molecule has 3 aromatic rings. The van der Waals surface area contributed by atoms with Gasteiger partial charge in [-0.3, -0.25) is 4.79 Å². The minimum absolute atomic E-state index is 0.243. The number of hydrogen-bond acceptors (Lipinski definition) is 4. The third kappa shape index (κ3) is 3.28. The van der Waals surface area contributed by atoms with Crippen LogP contribution >= 0.6 is 23.2 Å². The van der Waals surface area contributed by atoms with Crippen LogP contribution in [0.1, 0.15) is 10.4 Å². The summed E-state index contributed by atoms with van der Waals surface area (Å²) in [7, 11) is 0. The lowest BCUT2D eigenvalue weighted by molar-refractivity contribution is 0.1000. The van der Waals surface area contributed by atoms with Crippen molar-refractivity contribution in [1.29, 1.82) is 0 Å². The second-order valence-electron chi connectivity index (χ2n) is 4.67. The number of nitrogens with one attached hydrogen (secondary N) is 1. The van der Waals surface area contributed by atoms with Gasteiger partial charge in [-0.1, -0.05) is 35.3 Å². The van der Waals surface area contributed by atoms with Gasteiger partial charge in [0, 0.05) is 6.20 Å². The number of carbonyl (C=O) groups excluding carboxylic acids is 1. The van der Waals surface area contributed by atoms with E-state index in [1.165, 1.54) is 12.3 Å². The molecule has 0 fully saturated rings. The molecule has 1 aromatic carbocycles. The molecule has 2 heterocycles. The van der Waals surface area contributed by atoms with E-state index >= 15 is 0 Å². The number of halogens is 2. The van der Waals surface area contributed by atoms with E-state index in [1.807, 2.05) is 18.2 Å². The van der Waals surface area contributed by atoms with Crippen LogP contribution in [-0.2, 0) is 0 Å². The molecule has 0 unspecified atom stereocenters. The number of primary amides is 1. The number of nitrogens with zero attached hydrogens (tertiary/aromatic N) is 3. The number of amides is 1. The van der Waals surface area contributed by atoms with Crippen molar-refractivity contribution in [1.82, 2.24) is 14.8 Å². The lowest BCUT2D eigenvalue weighted by Gasteiger charge is -2.06. The maximum atomic E-state index is 11.1. The second-order valence-corrected chi connectivity index (χ2v) is 5.48. The fourth-order valence-electron chi connectivity index (χ4n) is 1.96. The van der Waals surface area contributed by atoms with Crippen molar-refractivity contribution in [2.45, 2.75) is 0 Å². The summed E-state index contributed by atoms with van der Waals surface area (Å²) in [6.45, 7) is 0. The lowest BCUT2D eigenvalue weighted by atomic mass is 10.2. The second kappa shape index (κ2) is 6.28. The Labute approximate surface area is 141 Å². The average Bonchev–Trinajstić information content (AvgIpc) is 2.98. The Bertz CT molecular complexity index is 878. The van der Waals surface area contributed by atoms with E-state index in [2.05, 4.69) is 15.4 Å². The highest BCUT2D eigenvalue weighted by Crippen LogP contribution is 2.25. The summed E-state index contributed by atoms with van der Waals surface area (Å²) in [4.78, 5) is 15.2. The predicted octanol–water partition coefficient (Wildman–Crippen LogP) is 3.42. The molecule has 3 rings (SSSR count). The van der Waals surface area contributed by atoms with E-state index in [-0.39, 0.29) is 10.6 Å². The fourth-order valence-corrected chi connectivity index (χ4v) is 2.39. The largest absolute Gasteiger partial charge is 0.366 e. The van der Waals surface area contributed by atoms with Crippen molar-refractivity contribution in [3.63, 3.8) is 0 Å². The zero-order valence-corrected chi connectivity index (χ0v) is 13.2. The molecule has 2 aromatic heterocycles. The number of para-hydroxylation sites is 1. The SMILES string of the molecule is NC(=O)c1cnc(Nc2cnn(-c3ccccc3Cl)c2)c(Cl)c1. The zero-order valence-electron chi connectivity index (χ0n) is 11.7. The first kappa shape index (κ1) is 15.3. The number of pyridine rings is 1. The van der Waals surface area contributed by atoms with Crippen LogP contribution in [0.5, 0.6) is 0 Å². The van der Waals surface area contributed by atoms with Crippen molar-refractivity contribution >= 4 is 40.6 Å². The van der Waals surface area contributed by atoms with E-state index in [1.54, 1.807) is 23.1 Å². The summed E-state index contributed by atoms with van der Waals surface area (Å²) in [5.74, 6) is -0.187. The van der Waals surface area contributed by atoms with Crippen LogP contribution in [0.15, 0.2) is 48.9 Å². The number of nitrogens with two attached hydrogens (primary N) is 1. The Morgan fingerprint density at radius 2 is 1.96 bits per heavy atom. The van der Waals surface area contributed by atoms with Gasteiger partial charge in [-0.25, -0.2) is 9.67 Å². The van der Waals surface area contributed by atoms with Crippen LogP contribution < -0.4 is 11.1 Å². The number of aromatic nitrogens is 3. The van der Waals surface area contributed by atoms with Crippen molar-refractivity contribution in [2.75, 3.05) is 5.32 Å². The Morgan fingerprint density at radius 1 is 1.17 bits per heavy atom. The quantitative estimate of drug-likeness (QED) is 0.757. The van der Waals surface area contributed by atoms with Gasteiger partial charge in [0.15, 0.2) is 0 Å². The molecule has 116 valence electrons. The van der Waals surface area contributed by atoms with E-state index in [4.69, 9.17) is 28.9 Å². The van der Waals surface area contributed by atoms with E-state index in [0.717, 1.165) is 5.69 Å². The molecule has 0 saturated heterocycles. The molecule has 0 aliphatic heterocycles. The van der Waals surface area contributed by atoms with E-state index in [9.17, 15) is 4.79 Å². The summed E-state index contributed by atoms with van der Waals surface area (Å²) in [5.41, 5.74) is 6.85. The zero-order chi connectivity index (χ0) is 16.4. The van der Waals surface area contributed by atoms with Gasteiger partial charge in [0.1, 0.15) is 5.82 Å². The Morgan fingerprint density at radius 3 is 2.65 bits per heavy atom. The number of anilines is 2. The number of hydrogen-bond donors (Lipinski definition) is 2. The molecule has 3 N–H and O–H groups in total. The number of rotatable bonds is 4. The molecule has 0 radical (unpaired) electrons. The third-order valence-corrected chi connectivity index (χ3v) is 3.68. The monoisotopic (exact) mass is 347 g/mol. The molecular formula is C15H11Cl2N5O. The normalized spacial score (nSPS) is 10.5. The molecule has 0 aliphatic rings. The van der Waals surface area contributed by atoms with Crippen molar-refractivity contribution in [2.24, 2.45) is 5.73 Å². The van der Waals surface area contributed by atoms with Gasteiger partial charge in [-0.05, 0) is 18.2 Å². The van der Waals surface area contributed by atoms with Crippen LogP contribution in [0.25, 0.3) is 5.69 Å². The maximum Gasteiger partial charge on any atom is 0.250 e. The smallest absolute Gasteiger partial charge is 0.250 e. The van der Waals surface area contributed by atoms with Crippen LogP contribution in [0.4, 0.5) is 11.5 Å². The molecular weight excluding hydrogens is 337 g/mol. The third-order valence-electron chi connectivity index (χ3n) is 3.07. The summed E-state index contributed by atoms with van der Waals surface area (Å²) >= 11 is 12.2. The minimum atomic E-state index is -0.586. The first-order valence-electron chi connectivity index (χ1n) is 6.56. The predicted molar refractivity (Wildman–Crippen MR) is 89.6 cm³/mol. The molecule has 0 saturated carbocycles. The topological polar surface area (TPSA) is 85.8 Å². The fraction of sp³-hybridized carbons (Fsp3) is 0. The highest BCUT2D eigenvalue weighted by molar-refractivity contribution is 6.33. The number of benzene rings is 1. The summed E-state index contributed by atoms with van der Waals surface area (Å²) in [6.07, 6.45) is 4.72. The van der Waals surface area contributed by atoms with Crippen molar-refractivity contribution < 1.29 is 4.79 Å². The van der Waals surface area contributed by atoms with Crippen LogP contribution in [0.3, 0.4) is 0 Å². The number of carbonyl (C=O) groups is 1. The van der Waals surface area contributed by atoms with Gasteiger partial charge in [0.05, 0.1) is 39.4 Å². The molecule has 0 bridgehead atoms. The first-order chi connectivity index (χ1) is 11.0. The van der Waals surface area contributed by atoms with Gasteiger partial charge in [0.2, 0.25) is 5.91 Å². The van der Waals surface area contributed by atoms with Gasteiger partial charge < -0.3 is 11.1 Å². The molecule has 1 amide bonds. The van der Waals surface area contributed by atoms with E-state index in [0.29, 0.717) is 16.5 Å². The van der Waals surface area contributed by atoms with Crippen molar-refractivity contribution in [3.05, 3.63) is 64.5 Å². The van der Waals surface area contributed by atoms with Crippen LogP contribution in [-0.4, -0.2) is 20.7 Å². The van der Waals surface area contributed by atoms with Crippen LogP contribution in [0.2, 0.25) is 10.0 Å². The summed E-state index contributed by atoms with van der Waals surface area (Å²) < 4.78 is 1.64. The van der Waals surface area contributed by atoms with Crippen molar-refractivity contribution in [3.8, 4) is 5.69 Å². The Hall–Kier alpha value is -2.57. The summed E-state index contributed by atoms with van der Waals surface area (Å²) in [5, 5.41) is 8.14. The van der Waals surface area contributed by atoms with E-state index < -0.39 is 5.91 Å². The lowest BCUT2D eigenvalue weighted by Crippen LogP contribution is -2.11. The molecule has 6 nitrogen and oxygen atoms in total. The molecule has 0 atom stereocenters. The average molecular weight is 348 g/mol. The highest BCUT2D eigenvalue weighted by Gasteiger charge is 2.09. The molecule has 0 spiro atoms. The Balaban J connectivity index is 1.85. The standard InChI is InChI=1S/C15H11Cl2N5O/c16-11-3-1-2-4-13(11)22-8-10(7-20-22)21-15-12(17)5-9(6-19-15)14(18)23/h1-8H,(H2,18,23)(H,19,21).